The molecule has 3 nitrogen and oxygen atoms in total. The van der Waals surface area contributed by atoms with E-state index in [1.807, 2.05) is 0 Å². The van der Waals surface area contributed by atoms with Crippen LogP contribution in [0.2, 0.25) is 0 Å². The summed E-state index contributed by atoms with van der Waals surface area (Å²) in [7, 11) is 1.78. The molecule has 1 N–H and O–H groups in total. The van der Waals surface area contributed by atoms with Crippen molar-refractivity contribution >= 4 is 15.9 Å². The number of rotatable bonds is 3. The zero-order valence-electron chi connectivity index (χ0n) is 12.8. The van der Waals surface area contributed by atoms with Crippen molar-refractivity contribution in [2.24, 2.45) is 5.92 Å². The molecule has 0 spiro atoms. The number of benzene rings is 1. The van der Waals surface area contributed by atoms with Gasteiger partial charge in [0.2, 0.25) is 0 Å². The zero-order chi connectivity index (χ0) is 14.8. The Morgan fingerprint density at radius 3 is 2.76 bits per heavy atom. The van der Waals surface area contributed by atoms with Gasteiger partial charge in [-0.2, -0.15) is 0 Å². The smallest absolute Gasteiger partial charge is 0.125 e. The van der Waals surface area contributed by atoms with Crippen molar-refractivity contribution in [3.63, 3.8) is 0 Å². The summed E-state index contributed by atoms with van der Waals surface area (Å²) in [5, 5.41) is 4.28. The molecule has 3 rings (SSSR count). The van der Waals surface area contributed by atoms with Crippen LogP contribution in [0.1, 0.15) is 35.6 Å². The van der Waals surface area contributed by atoms with Crippen LogP contribution >= 0.6 is 15.9 Å². The normalized spacial score (nSPS) is 26.4. The number of aryl methyl sites for hydroxylation is 1. The average Bonchev–Trinajstić information content (AvgIpc) is 2.54. The van der Waals surface area contributed by atoms with Gasteiger partial charge in [-0.1, -0.05) is 28.1 Å². The maximum absolute atomic E-state index is 6.41. The molecule has 1 aromatic carbocycles. The van der Waals surface area contributed by atoms with Crippen LogP contribution in [0.15, 0.2) is 12.1 Å². The molecule has 0 saturated carbocycles. The number of hydrogen-bond donors (Lipinski definition) is 1. The minimum atomic E-state index is 0.142. The largest absolute Gasteiger partial charge is 0.496 e. The molecular formula is C17H24BrNO2. The molecule has 1 fully saturated rings. The van der Waals surface area contributed by atoms with Gasteiger partial charge in [-0.15, -0.1) is 0 Å². The minimum absolute atomic E-state index is 0.142. The lowest BCUT2D eigenvalue weighted by Crippen LogP contribution is -2.39. The Labute approximate surface area is 135 Å². The van der Waals surface area contributed by atoms with Crippen LogP contribution in [-0.4, -0.2) is 31.6 Å². The van der Waals surface area contributed by atoms with E-state index >= 15 is 0 Å². The Bertz CT molecular complexity index is 500. The third kappa shape index (κ3) is 2.99. The van der Waals surface area contributed by atoms with Crippen LogP contribution in [-0.2, 0) is 11.2 Å². The molecular weight excluding hydrogens is 330 g/mol. The number of halogens is 1. The molecule has 0 radical (unpaired) electrons. The Morgan fingerprint density at radius 1 is 1.33 bits per heavy atom. The van der Waals surface area contributed by atoms with E-state index in [1.165, 1.54) is 29.5 Å². The Hall–Kier alpha value is -0.580. The first-order valence-electron chi connectivity index (χ1n) is 7.83. The number of fused-ring (bicyclic) bond motifs is 1. The van der Waals surface area contributed by atoms with Crippen LogP contribution in [0.25, 0.3) is 0 Å². The maximum Gasteiger partial charge on any atom is 0.125 e. The third-order valence-electron chi connectivity index (χ3n) is 4.84. The summed E-state index contributed by atoms with van der Waals surface area (Å²) < 4.78 is 12.1. The van der Waals surface area contributed by atoms with E-state index in [0.29, 0.717) is 12.0 Å². The highest BCUT2D eigenvalue weighted by molar-refractivity contribution is 9.09. The van der Waals surface area contributed by atoms with Crippen molar-refractivity contribution in [2.75, 3.05) is 25.5 Å². The number of ether oxygens (including phenoxy) is 2. The van der Waals surface area contributed by atoms with Crippen LogP contribution in [0.3, 0.4) is 0 Å². The Kier molecular flexibility index (Phi) is 4.87. The second-order valence-electron chi connectivity index (χ2n) is 6.09. The SMILES string of the molecule is COc1c(C)ccc2c1CC(C1CCNCC1)OC2CBr. The Morgan fingerprint density at radius 2 is 2.10 bits per heavy atom. The van der Waals surface area contributed by atoms with E-state index in [1.54, 1.807) is 7.11 Å². The summed E-state index contributed by atoms with van der Waals surface area (Å²) in [5.74, 6) is 1.71. The summed E-state index contributed by atoms with van der Waals surface area (Å²) in [4.78, 5) is 0. The first-order chi connectivity index (χ1) is 10.2. The maximum atomic E-state index is 6.41. The molecule has 2 unspecified atom stereocenters. The van der Waals surface area contributed by atoms with E-state index in [2.05, 4.69) is 40.3 Å². The first kappa shape index (κ1) is 15.3. The molecule has 2 aliphatic rings. The van der Waals surface area contributed by atoms with Crippen molar-refractivity contribution in [1.29, 1.82) is 0 Å². The fourth-order valence-corrected chi connectivity index (χ4v) is 4.20. The van der Waals surface area contributed by atoms with Gasteiger partial charge in [-0.3, -0.25) is 0 Å². The van der Waals surface area contributed by atoms with E-state index in [4.69, 9.17) is 9.47 Å². The fraction of sp³-hybridized carbons (Fsp3) is 0.647. The molecule has 0 aliphatic carbocycles. The van der Waals surface area contributed by atoms with Crippen molar-refractivity contribution in [3.8, 4) is 5.75 Å². The third-order valence-corrected chi connectivity index (χ3v) is 5.43. The molecule has 1 saturated heterocycles. The number of hydrogen-bond acceptors (Lipinski definition) is 3. The molecule has 0 aromatic heterocycles. The summed E-state index contributed by atoms with van der Waals surface area (Å²) >= 11 is 3.62. The summed E-state index contributed by atoms with van der Waals surface area (Å²) in [6, 6.07) is 4.35. The molecule has 0 bridgehead atoms. The molecule has 21 heavy (non-hydrogen) atoms. The quantitative estimate of drug-likeness (QED) is 0.845. The second kappa shape index (κ2) is 6.67. The van der Waals surface area contributed by atoms with Gasteiger partial charge in [0.25, 0.3) is 0 Å². The number of nitrogens with one attached hydrogen (secondary N) is 1. The molecule has 1 aromatic rings. The van der Waals surface area contributed by atoms with Gasteiger partial charge < -0.3 is 14.8 Å². The van der Waals surface area contributed by atoms with Gasteiger partial charge in [0, 0.05) is 17.3 Å². The second-order valence-corrected chi connectivity index (χ2v) is 6.74. The van der Waals surface area contributed by atoms with Gasteiger partial charge in [-0.05, 0) is 49.9 Å². The number of piperidine rings is 1. The lowest BCUT2D eigenvalue weighted by Gasteiger charge is -2.38. The summed E-state index contributed by atoms with van der Waals surface area (Å²) in [5.41, 5.74) is 3.87. The topological polar surface area (TPSA) is 30.5 Å². The van der Waals surface area contributed by atoms with E-state index in [0.717, 1.165) is 30.6 Å². The zero-order valence-corrected chi connectivity index (χ0v) is 14.4. The van der Waals surface area contributed by atoms with Crippen LogP contribution in [0.5, 0.6) is 5.75 Å². The summed E-state index contributed by atoms with van der Waals surface area (Å²) in [6.45, 7) is 4.35. The van der Waals surface area contributed by atoms with Gasteiger partial charge in [-0.25, -0.2) is 0 Å². The van der Waals surface area contributed by atoms with Gasteiger partial charge in [0.15, 0.2) is 0 Å². The number of alkyl halides is 1. The first-order valence-corrected chi connectivity index (χ1v) is 8.95. The molecule has 2 aliphatic heterocycles. The van der Waals surface area contributed by atoms with E-state index in [9.17, 15) is 0 Å². The standard InChI is InChI=1S/C17H24BrNO2/c1-11-3-4-13-14(17(11)20-2)9-15(21-16(13)10-18)12-5-7-19-8-6-12/h3-4,12,15-16,19H,5-10H2,1-2H3. The van der Waals surface area contributed by atoms with Crippen molar-refractivity contribution in [3.05, 3.63) is 28.8 Å². The van der Waals surface area contributed by atoms with Crippen LogP contribution < -0.4 is 10.1 Å². The predicted octanol–water partition coefficient (Wildman–Crippen LogP) is 3.38. The minimum Gasteiger partial charge on any atom is -0.496 e. The highest BCUT2D eigenvalue weighted by Crippen LogP contribution is 2.41. The monoisotopic (exact) mass is 353 g/mol. The lowest BCUT2D eigenvalue weighted by molar-refractivity contribution is -0.0513. The lowest BCUT2D eigenvalue weighted by atomic mass is 9.83. The molecule has 4 heteroatoms. The Balaban J connectivity index is 1.92. The van der Waals surface area contributed by atoms with Crippen LogP contribution in [0, 0.1) is 12.8 Å². The van der Waals surface area contributed by atoms with Crippen molar-refractivity contribution in [1.82, 2.24) is 5.32 Å². The van der Waals surface area contributed by atoms with Crippen molar-refractivity contribution < 1.29 is 9.47 Å². The highest BCUT2D eigenvalue weighted by Gasteiger charge is 2.34. The van der Waals surface area contributed by atoms with Gasteiger partial charge in [0.05, 0.1) is 19.3 Å². The molecule has 116 valence electrons. The highest BCUT2D eigenvalue weighted by atomic mass is 79.9. The average molecular weight is 354 g/mol. The van der Waals surface area contributed by atoms with Crippen molar-refractivity contribution in [2.45, 2.75) is 38.4 Å². The van der Waals surface area contributed by atoms with Gasteiger partial charge >= 0.3 is 0 Å². The molecule has 2 atom stereocenters. The summed E-state index contributed by atoms with van der Waals surface area (Å²) in [6.07, 6.45) is 3.86. The predicted molar refractivity (Wildman–Crippen MR) is 88.4 cm³/mol. The number of methoxy groups -OCH3 is 1. The van der Waals surface area contributed by atoms with E-state index in [-0.39, 0.29) is 6.10 Å². The molecule has 0 amide bonds. The molecule has 2 heterocycles. The van der Waals surface area contributed by atoms with Gasteiger partial charge in [0.1, 0.15) is 5.75 Å². The van der Waals surface area contributed by atoms with E-state index < -0.39 is 0 Å². The van der Waals surface area contributed by atoms with Crippen LogP contribution in [0.4, 0.5) is 0 Å². The fourth-order valence-electron chi connectivity index (χ4n) is 3.70.